The lowest BCUT2D eigenvalue weighted by Gasteiger charge is -2.31. The molecule has 3 aliphatic heterocycles. The average Bonchev–Trinajstić information content (AvgIpc) is 3.24. The van der Waals surface area contributed by atoms with Crippen molar-refractivity contribution in [3.63, 3.8) is 0 Å². The highest BCUT2D eigenvalue weighted by molar-refractivity contribution is 6.32. The third-order valence-corrected chi connectivity index (χ3v) is 6.28. The maximum absolute atomic E-state index is 13.6. The third-order valence-electron chi connectivity index (χ3n) is 6.28. The molecular weight excluding hydrogens is 409 g/mol. The molecule has 0 spiro atoms. The van der Waals surface area contributed by atoms with E-state index in [2.05, 4.69) is 34.5 Å². The van der Waals surface area contributed by atoms with Crippen LogP contribution in [-0.2, 0) is 16.1 Å². The maximum Gasteiger partial charge on any atom is 0.260 e. The van der Waals surface area contributed by atoms with Crippen LogP contribution in [0.5, 0.6) is 0 Å². The standard InChI is InChI=1S/C25H26FN3O3/c1-25(2)20(17-5-3-16(4-6-17)15-28-9-11-29(31)12-10-28)14-22(32-25)23-19-8-7-18(26)13-21(19)27-24(23)30/h3-8,13-14,31H,9-12,15H2,1-2H3,(H,27,30)/b23-22+. The number of hydrogen-bond acceptors (Lipinski definition) is 5. The molecule has 0 unspecified atom stereocenters. The maximum atomic E-state index is 13.6. The molecule has 166 valence electrons. The topological polar surface area (TPSA) is 65.0 Å². The van der Waals surface area contributed by atoms with Gasteiger partial charge in [-0.1, -0.05) is 24.3 Å². The third kappa shape index (κ3) is 3.83. The molecule has 0 bridgehead atoms. The number of carbonyl (C=O) groups is 1. The van der Waals surface area contributed by atoms with Crippen LogP contribution < -0.4 is 5.32 Å². The lowest BCUT2D eigenvalue weighted by atomic mass is 9.91. The molecule has 1 amide bonds. The van der Waals surface area contributed by atoms with Crippen LogP contribution in [0, 0.1) is 5.82 Å². The first-order chi connectivity index (χ1) is 15.3. The molecule has 0 aromatic heterocycles. The second kappa shape index (κ2) is 7.85. The fourth-order valence-electron chi connectivity index (χ4n) is 4.55. The van der Waals surface area contributed by atoms with E-state index in [1.54, 1.807) is 6.07 Å². The monoisotopic (exact) mass is 435 g/mol. The predicted molar refractivity (Wildman–Crippen MR) is 120 cm³/mol. The molecule has 2 N–H and O–H groups in total. The molecule has 0 atom stereocenters. The van der Waals surface area contributed by atoms with Crippen molar-refractivity contribution >= 4 is 22.7 Å². The predicted octanol–water partition coefficient (Wildman–Crippen LogP) is 3.89. The van der Waals surface area contributed by atoms with Gasteiger partial charge in [0.15, 0.2) is 0 Å². The van der Waals surface area contributed by atoms with Crippen LogP contribution in [0.4, 0.5) is 10.1 Å². The molecule has 0 radical (unpaired) electrons. The zero-order chi connectivity index (χ0) is 22.5. The Hall–Kier alpha value is -3.00. The average molecular weight is 435 g/mol. The second-order valence-corrected chi connectivity index (χ2v) is 8.98. The summed E-state index contributed by atoms with van der Waals surface area (Å²) in [6.07, 6.45) is 1.92. The van der Waals surface area contributed by atoms with Gasteiger partial charge in [0.05, 0.1) is 11.3 Å². The number of carbonyl (C=O) groups excluding carboxylic acids is 1. The van der Waals surface area contributed by atoms with Crippen molar-refractivity contribution in [1.82, 2.24) is 9.96 Å². The number of benzene rings is 2. The number of anilines is 1. The minimum Gasteiger partial charge on any atom is -0.482 e. The van der Waals surface area contributed by atoms with Gasteiger partial charge < -0.3 is 15.3 Å². The Morgan fingerprint density at radius 2 is 1.81 bits per heavy atom. The van der Waals surface area contributed by atoms with E-state index in [-0.39, 0.29) is 5.91 Å². The van der Waals surface area contributed by atoms with Crippen LogP contribution >= 0.6 is 0 Å². The Morgan fingerprint density at radius 1 is 1.09 bits per heavy atom. The van der Waals surface area contributed by atoms with Crippen LogP contribution in [0.25, 0.3) is 11.1 Å². The minimum atomic E-state index is -0.607. The fraction of sp³-hybridized carbons (Fsp3) is 0.320. The zero-order valence-corrected chi connectivity index (χ0v) is 18.2. The van der Waals surface area contributed by atoms with Crippen molar-refractivity contribution in [2.75, 3.05) is 31.5 Å². The van der Waals surface area contributed by atoms with Crippen molar-refractivity contribution in [3.05, 3.63) is 76.8 Å². The molecule has 5 rings (SSSR count). The molecule has 7 heteroatoms. The van der Waals surface area contributed by atoms with E-state index in [0.717, 1.165) is 30.8 Å². The molecule has 0 saturated carbocycles. The van der Waals surface area contributed by atoms with Gasteiger partial charge in [-0.2, -0.15) is 5.06 Å². The first kappa shape index (κ1) is 20.9. The van der Waals surface area contributed by atoms with Crippen LogP contribution in [-0.4, -0.2) is 52.9 Å². The van der Waals surface area contributed by atoms with Gasteiger partial charge in [0.2, 0.25) is 0 Å². The van der Waals surface area contributed by atoms with E-state index in [9.17, 15) is 14.4 Å². The molecular formula is C25H26FN3O3. The number of nitrogens with one attached hydrogen (secondary N) is 1. The van der Waals surface area contributed by atoms with Gasteiger partial charge in [-0.25, -0.2) is 4.39 Å². The molecule has 32 heavy (non-hydrogen) atoms. The highest BCUT2D eigenvalue weighted by Gasteiger charge is 2.38. The summed E-state index contributed by atoms with van der Waals surface area (Å²) in [7, 11) is 0. The van der Waals surface area contributed by atoms with Crippen LogP contribution in [0.2, 0.25) is 0 Å². The summed E-state index contributed by atoms with van der Waals surface area (Å²) in [6, 6.07) is 12.7. The molecule has 1 saturated heterocycles. The Kier molecular flexibility index (Phi) is 5.12. The summed E-state index contributed by atoms with van der Waals surface area (Å²) < 4.78 is 19.8. The molecule has 2 aromatic carbocycles. The number of halogens is 1. The first-order valence-corrected chi connectivity index (χ1v) is 10.8. The molecule has 6 nitrogen and oxygen atoms in total. The Bertz CT molecular complexity index is 1130. The number of hydrogen-bond donors (Lipinski definition) is 2. The lowest BCUT2D eigenvalue weighted by molar-refractivity contribution is -0.118. The number of rotatable bonds is 3. The van der Waals surface area contributed by atoms with E-state index in [1.807, 2.05) is 19.9 Å². The Balaban J connectivity index is 1.42. The van der Waals surface area contributed by atoms with Gasteiger partial charge in [-0.15, -0.1) is 0 Å². The van der Waals surface area contributed by atoms with E-state index >= 15 is 0 Å². The second-order valence-electron chi connectivity index (χ2n) is 8.98. The van der Waals surface area contributed by atoms with Gasteiger partial charge in [0, 0.05) is 43.9 Å². The Labute approximate surface area is 186 Å². The zero-order valence-electron chi connectivity index (χ0n) is 18.2. The van der Waals surface area contributed by atoms with E-state index in [4.69, 9.17) is 4.74 Å². The van der Waals surface area contributed by atoms with Gasteiger partial charge in [-0.05, 0) is 49.2 Å². The summed E-state index contributed by atoms with van der Waals surface area (Å²) in [4.78, 5) is 14.9. The normalized spacial score (nSPS) is 23.0. The molecule has 2 aromatic rings. The largest absolute Gasteiger partial charge is 0.482 e. The van der Waals surface area contributed by atoms with Crippen molar-refractivity contribution in [2.45, 2.75) is 26.0 Å². The Morgan fingerprint density at radius 3 is 2.53 bits per heavy atom. The molecule has 3 heterocycles. The molecule has 1 fully saturated rings. The minimum absolute atomic E-state index is 0.285. The highest BCUT2D eigenvalue weighted by atomic mass is 19.1. The van der Waals surface area contributed by atoms with Gasteiger partial charge >= 0.3 is 0 Å². The summed E-state index contributed by atoms with van der Waals surface area (Å²) in [6.45, 7) is 7.81. The van der Waals surface area contributed by atoms with Crippen molar-refractivity contribution in [2.24, 2.45) is 0 Å². The number of hydroxylamine groups is 2. The quantitative estimate of drug-likeness (QED) is 0.717. The number of amides is 1. The van der Waals surface area contributed by atoms with Crippen LogP contribution in [0.15, 0.2) is 54.3 Å². The summed E-state index contributed by atoms with van der Waals surface area (Å²) in [5.41, 5.74) is 4.18. The molecule has 0 aliphatic carbocycles. The van der Waals surface area contributed by atoms with Crippen LogP contribution in [0.1, 0.15) is 30.5 Å². The number of nitrogens with zero attached hydrogens (tertiary/aromatic N) is 2. The number of fused-ring (bicyclic) bond motifs is 1. The van der Waals surface area contributed by atoms with E-state index in [0.29, 0.717) is 35.7 Å². The summed E-state index contributed by atoms with van der Waals surface area (Å²) in [5.74, 6) is -0.177. The smallest absolute Gasteiger partial charge is 0.260 e. The summed E-state index contributed by atoms with van der Waals surface area (Å²) >= 11 is 0. The lowest BCUT2D eigenvalue weighted by Crippen LogP contribution is -2.44. The summed E-state index contributed by atoms with van der Waals surface area (Å²) in [5, 5.41) is 13.6. The molecule has 3 aliphatic rings. The van der Waals surface area contributed by atoms with Crippen molar-refractivity contribution in [3.8, 4) is 0 Å². The fourth-order valence-corrected chi connectivity index (χ4v) is 4.55. The highest BCUT2D eigenvalue weighted by Crippen LogP contribution is 2.44. The van der Waals surface area contributed by atoms with Gasteiger partial charge in [0.1, 0.15) is 17.2 Å². The van der Waals surface area contributed by atoms with Crippen molar-refractivity contribution in [1.29, 1.82) is 0 Å². The SMILES string of the molecule is CC1(C)O/C(=C2/C(=O)Nc3cc(F)ccc32)C=C1c1ccc(CN2CCN(O)CC2)cc1. The van der Waals surface area contributed by atoms with E-state index in [1.165, 1.54) is 22.8 Å². The number of piperazine rings is 1. The van der Waals surface area contributed by atoms with E-state index < -0.39 is 11.4 Å². The number of allylic oxidation sites excluding steroid dienone is 1. The van der Waals surface area contributed by atoms with Crippen molar-refractivity contribution < 1.29 is 19.1 Å². The first-order valence-electron chi connectivity index (χ1n) is 10.8. The van der Waals surface area contributed by atoms with Crippen LogP contribution in [0.3, 0.4) is 0 Å². The van der Waals surface area contributed by atoms with Gasteiger partial charge in [0.25, 0.3) is 5.91 Å². The van der Waals surface area contributed by atoms with Gasteiger partial charge in [-0.3, -0.25) is 9.69 Å². The number of ether oxygens (including phenoxy) is 1.